The molecule has 0 saturated heterocycles. The van der Waals surface area contributed by atoms with E-state index >= 15 is 0 Å². The van der Waals surface area contributed by atoms with Crippen molar-refractivity contribution in [2.75, 3.05) is 0 Å². The number of ketones is 1. The highest BCUT2D eigenvalue weighted by Gasteiger charge is 2.40. The lowest BCUT2D eigenvalue weighted by Crippen LogP contribution is -2.22. The quantitative estimate of drug-likeness (QED) is 0.707. The summed E-state index contributed by atoms with van der Waals surface area (Å²) < 4.78 is 35.7. The summed E-state index contributed by atoms with van der Waals surface area (Å²) in [6.07, 6.45) is -4.79. The zero-order valence-electron chi connectivity index (χ0n) is 5.48. The van der Waals surface area contributed by atoms with Gasteiger partial charge >= 0.3 is 6.18 Å². The van der Waals surface area contributed by atoms with Crippen molar-refractivity contribution in [3.63, 3.8) is 0 Å². The molecular weight excluding hydrogens is 257 g/mol. The van der Waals surface area contributed by atoms with Crippen molar-refractivity contribution in [1.29, 1.82) is 0 Å². The maximum Gasteiger partial charge on any atom is 0.454 e. The van der Waals surface area contributed by atoms with E-state index in [0.29, 0.717) is 0 Å². The van der Waals surface area contributed by atoms with Gasteiger partial charge in [0.25, 0.3) is 5.78 Å². The Morgan fingerprint density at radius 3 is 2.42 bits per heavy atom. The van der Waals surface area contributed by atoms with Gasteiger partial charge in [0.1, 0.15) is 0 Å². The molecule has 0 saturated carbocycles. The molecule has 66 valence electrons. The van der Waals surface area contributed by atoms with E-state index in [-0.39, 0.29) is 9.35 Å². The highest BCUT2D eigenvalue weighted by atomic mass is 79.9. The van der Waals surface area contributed by atoms with Crippen molar-refractivity contribution in [2.24, 2.45) is 0 Å². The van der Waals surface area contributed by atoms with Crippen LogP contribution in [0.25, 0.3) is 0 Å². The van der Waals surface area contributed by atoms with Gasteiger partial charge in [-0.25, -0.2) is 0 Å². The Kier molecular flexibility index (Phi) is 2.58. The highest BCUT2D eigenvalue weighted by molar-refractivity contribution is 9.11. The lowest BCUT2D eigenvalue weighted by Gasteiger charge is -2.02. The van der Waals surface area contributed by atoms with Crippen LogP contribution in [0.3, 0.4) is 0 Å². The van der Waals surface area contributed by atoms with Gasteiger partial charge in [0.2, 0.25) is 0 Å². The fourth-order valence-corrected chi connectivity index (χ4v) is 1.86. The maximum absolute atomic E-state index is 11.8. The lowest BCUT2D eigenvalue weighted by atomic mass is 10.2. The molecule has 0 aliphatic rings. The molecule has 6 heteroatoms. The minimum absolute atomic E-state index is 0.213. The summed E-state index contributed by atoms with van der Waals surface area (Å²) in [5.41, 5.74) is -0.326. The number of Topliss-reactive ketones (excluding diaryl/α,β-unsaturated/α-hetero) is 1. The molecule has 0 N–H and O–H groups in total. The molecule has 1 rings (SSSR count). The van der Waals surface area contributed by atoms with Gasteiger partial charge in [0.15, 0.2) is 0 Å². The number of carbonyl (C=O) groups is 1. The Balaban J connectivity index is 3.01. The highest BCUT2D eigenvalue weighted by Crippen LogP contribution is 2.29. The molecule has 1 aromatic heterocycles. The number of carbonyl (C=O) groups excluding carboxylic acids is 1. The van der Waals surface area contributed by atoms with Crippen LogP contribution in [0.15, 0.2) is 15.2 Å². The minimum atomic E-state index is -4.79. The molecule has 1 nitrogen and oxygen atoms in total. The first-order valence-electron chi connectivity index (χ1n) is 2.77. The van der Waals surface area contributed by atoms with Crippen molar-refractivity contribution in [3.8, 4) is 0 Å². The summed E-state index contributed by atoms with van der Waals surface area (Å²) in [7, 11) is 0. The third-order valence-corrected chi connectivity index (χ3v) is 2.81. The average molecular weight is 259 g/mol. The van der Waals surface area contributed by atoms with Gasteiger partial charge in [-0.2, -0.15) is 13.2 Å². The van der Waals surface area contributed by atoms with Gasteiger partial charge in [-0.1, -0.05) is 0 Å². The standard InChI is InChI=1S/C6H2BrF3OS/c7-5-3(1-2-12-5)4(11)6(8,9)10/h1-2H. The lowest BCUT2D eigenvalue weighted by molar-refractivity contribution is -0.0885. The second-order valence-corrected chi connectivity index (χ2v) is 4.17. The first-order valence-corrected chi connectivity index (χ1v) is 4.44. The maximum atomic E-state index is 11.8. The predicted octanol–water partition coefficient (Wildman–Crippen LogP) is 3.26. The Bertz CT molecular complexity index is 304. The first-order chi connectivity index (χ1) is 5.43. The van der Waals surface area contributed by atoms with Crippen LogP contribution >= 0.6 is 27.3 Å². The van der Waals surface area contributed by atoms with E-state index in [9.17, 15) is 18.0 Å². The number of hydrogen-bond acceptors (Lipinski definition) is 2. The number of rotatable bonds is 1. The second kappa shape index (κ2) is 3.18. The first kappa shape index (κ1) is 9.73. The van der Waals surface area contributed by atoms with Crippen LogP contribution in [-0.2, 0) is 0 Å². The molecule has 0 aliphatic carbocycles. The van der Waals surface area contributed by atoms with Crippen LogP contribution in [0.2, 0.25) is 0 Å². The van der Waals surface area contributed by atoms with E-state index < -0.39 is 12.0 Å². The van der Waals surface area contributed by atoms with Gasteiger partial charge in [0.05, 0.1) is 9.35 Å². The van der Waals surface area contributed by atoms with Gasteiger partial charge in [-0.15, -0.1) is 11.3 Å². The second-order valence-electron chi connectivity index (χ2n) is 1.93. The third kappa shape index (κ3) is 1.87. The summed E-state index contributed by atoms with van der Waals surface area (Å²) >= 11 is 3.90. The minimum Gasteiger partial charge on any atom is -0.284 e. The van der Waals surface area contributed by atoms with E-state index in [1.54, 1.807) is 0 Å². The van der Waals surface area contributed by atoms with Crippen molar-refractivity contribution in [3.05, 3.63) is 20.8 Å². The van der Waals surface area contributed by atoms with Gasteiger partial charge < -0.3 is 0 Å². The summed E-state index contributed by atoms with van der Waals surface area (Å²) in [5, 5.41) is 1.42. The van der Waals surface area contributed by atoms with Crippen LogP contribution in [-0.4, -0.2) is 12.0 Å². The third-order valence-electron chi connectivity index (χ3n) is 1.12. The predicted molar refractivity (Wildman–Crippen MR) is 42.4 cm³/mol. The molecule has 0 bridgehead atoms. The fraction of sp³-hybridized carbons (Fsp3) is 0.167. The molecule has 0 amide bonds. The molecular formula is C6H2BrF3OS. The van der Waals surface area contributed by atoms with Gasteiger partial charge in [-0.05, 0) is 27.4 Å². The fourth-order valence-electron chi connectivity index (χ4n) is 0.608. The molecule has 0 radical (unpaired) electrons. The van der Waals surface area contributed by atoms with Crippen LogP contribution in [0.5, 0.6) is 0 Å². The topological polar surface area (TPSA) is 17.1 Å². The number of thiophene rings is 1. The van der Waals surface area contributed by atoms with Crippen molar-refractivity contribution in [2.45, 2.75) is 6.18 Å². The molecule has 0 atom stereocenters. The van der Waals surface area contributed by atoms with Crippen LogP contribution < -0.4 is 0 Å². The normalized spacial score (nSPS) is 11.7. The zero-order valence-corrected chi connectivity index (χ0v) is 7.89. The van der Waals surface area contributed by atoms with Crippen molar-refractivity contribution in [1.82, 2.24) is 0 Å². The summed E-state index contributed by atoms with van der Waals surface area (Å²) in [5.74, 6) is -1.81. The van der Waals surface area contributed by atoms with E-state index in [1.807, 2.05) is 0 Å². The average Bonchev–Trinajstić information content (AvgIpc) is 2.31. The van der Waals surface area contributed by atoms with E-state index in [4.69, 9.17) is 0 Å². The van der Waals surface area contributed by atoms with Gasteiger partial charge in [0, 0.05) is 0 Å². The summed E-state index contributed by atoms with van der Waals surface area (Å²) in [6, 6.07) is 1.14. The molecule has 12 heavy (non-hydrogen) atoms. The molecule has 0 spiro atoms. The van der Waals surface area contributed by atoms with E-state index in [2.05, 4.69) is 15.9 Å². The van der Waals surface area contributed by atoms with Crippen LogP contribution in [0.1, 0.15) is 10.4 Å². The largest absolute Gasteiger partial charge is 0.454 e. The van der Waals surface area contributed by atoms with Crippen LogP contribution in [0, 0.1) is 0 Å². The molecule has 0 fully saturated rings. The zero-order chi connectivity index (χ0) is 9.35. The van der Waals surface area contributed by atoms with Gasteiger partial charge in [-0.3, -0.25) is 4.79 Å². The number of hydrogen-bond donors (Lipinski definition) is 0. The Morgan fingerprint density at radius 2 is 2.08 bits per heavy atom. The summed E-state index contributed by atoms with van der Waals surface area (Å²) in [4.78, 5) is 10.6. The van der Waals surface area contributed by atoms with E-state index in [0.717, 1.165) is 17.4 Å². The summed E-state index contributed by atoms with van der Waals surface area (Å²) in [6.45, 7) is 0. The molecule has 1 heterocycles. The SMILES string of the molecule is O=C(c1ccsc1Br)C(F)(F)F. The number of alkyl halides is 3. The molecule has 0 unspecified atom stereocenters. The number of halogens is 4. The molecule has 0 aliphatic heterocycles. The Labute approximate surface area is 78.3 Å². The van der Waals surface area contributed by atoms with Crippen LogP contribution in [0.4, 0.5) is 13.2 Å². The smallest absolute Gasteiger partial charge is 0.284 e. The molecule has 0 aromatic carbocycles. The van der Waals surface area contributed by atoms with Crippen molar-refractivity contribution < 1.29 is 18.0 Å². The van der Waals surface area contributed by atoms with Crippen molar-refractivity contribution >= 4 is 33.0 Å². The Morgan fingerprint density at radius 1 is 1.50 bits per heavy atom. The van der Waals surface area contributed by atoms with E-state index in [1.165, 1.54) is 5.38 Å². The Hall–Kier alpha value is -0.360. The molecule has 1 aromatic rings. The monoisotopic (exact) mass is 258 g/mol.